The predicted molar refractivity (Wildman–Crippen MR) is 214 cm³/mol. The molecule has 2 heterocycles. The van der Waals surface area contributed by atoms with E-state index < -0.39 is 0 Å². The third-order valence-electron chi connectivity index (χ3n) is 10.1. The van der Waals surface area contributed by atoms with Crippen LogP contribution in [0.25, 0.3) is 79.7 Å². The Labute approximate surface area is 305 Å². The molecule has 0 amide bonds. The predicted octanol–water partition coefficient (Wildman–Crippen LogP) is 11.8. The lowest BCUT2D eigenvalue weighted by molar-refractivity contribution is 0.906. The summed E-state index contributed by atoms with van der Waals surface area (Å²) in [6.45, 7) is 4.04. The highest BCUT2D eigenvalue weighted by Gasteiger charge is 2.21. The summed E-state index contributed by atoms with van der Waals surface area (Å²) in [6, 6.07) is 42.7. The summed E-state index contributed by atoms with van der Waals surface area (Å²) in [4.78, 5) is 20.1. The van der Waals surface area contributed by atoms with Crippen LogP contribution in [0.2, 0.25) is 0 Å². The molecule has 0 aliphatic heterocycles. The lowest BCUT2D eigenvalue weighted by Gasteiger charge is -2.24. The average Bonchev–Trinajstić information content (AvgIpc) is 3.20. The van der Waals surface area contributed by atoms with E-state index in [1.54, 1.807) is 0 Å². The van der Waals surface area contributed by atoms with Crippen LogP contribution >= 0.6 is 0 Å². The second kappa shape index (κ2) is 13.5. The first kappa shape index (κ1) is 31.7. The fraction of sp³-hybridized carbons (Fsp3) is 0.125. The van der Waals surface area contributed by atoms with Gasteiger partial charge in [-0.2, -0.15) is 0 Å². The van der Waals surface area contributed by atoms with Gasteiger partial charge in [-0.25, -0.2) is 19.9 Å². The van der Waals surface area contributed by atoms with E-state index in [1.807, 2.05) is 32.0 Å². The Morgan fingerprint density at radius 1 is 0.423 bits per heavy atom. The fourth-order valence-electron chi connectivity index (χ4n) is 7.71. The van der Waals surface area contributed by atoms with Crippen molar-refractivity contribution in [2.75, 3.05) is 0 Å². The minimum Gasteiger partial charge on any atom is -0.233 e. The molecule has 0 fully saturated rings. The van der Waals surface area contributed by atoms with Crippen LogP contribution in [-0.4, -0.2) is 19.9 Å². The van der Waals surface area contributed by atoms with Gasteiger partial charge in [-0.3, -0.25) is 0 Å². The highest BCUT2D eigenvalue weighted by Crippen LogP contribution is 2.41. The molecule has 0 N–H and O–H groups in total. The van der Waals surface area contributed by atoms with Crippen molar-refractivity contribution in [2.24, 2.45) is 0 Å². The number of fused-ring (bicyclic) bond motifs is 3. The van der Waals surface area contributed by atoms with Crippen molar-refractivity contribution in [3.63, 3.8) is 0 Å². The quantitative estimate of drug-likeness (QED) is 0.177. The van der Waals surface area contributed by atoms with Crippen LogP contribution in [0, 0.1) is 13.8 Å². The summed E-state index contributed by atoms with van der Waals surface area (Å²) in [7, 11) is 0. The van der Waals surface area contributed by atoms with E-state index in [-0.39, 0.29) is 0 Å². The molecule has 250 valence electrons. The van der Waals surface area contributed by atoms with Crippen LogP contribution in [0.15, 0.2) is 133 Å². The highest BCUT2D eigenvalue weighted by molar-refractivity contribution is 5.88. The van der Waals surface area contributed by atoms with Gasteiger partial charge in [0.25, 0.3) is 0 Å². The second-order valence-corrected chi connectivity index (χ2v) is 13.8. The summed E-state index contributed by atoms with van der Waals surface area (Å²) in [5.74, 6) is 1.43. The molecule has 52 heavy (non-hydrogen) atoms. The standard InChI is InChI=1S/C48H38N4/c1-31-24-32(2)50-47(49-31)37-20-13-19-35(25-37)38-26-39(44-29-36-18-9-10-21-41(36)42-22-11-12-23-43(42)44)28-40(27-38)48-51-45(33-14-5-3-6-15-33)30-46(52-48)34-16-7-4-8-17-34/h3-9,12-20,23-30H,10-11,21-22H2,1-2H3. The largest absolute Gasteiger partial charge is 0.233 e. The van der Waals surface area contributed by atoms with E-state index in [9.17, 15) is 0 Å². The van der Waals surface area contributed by atoms with Crippen LogP contribution < -0.4 is 0 Å². The number of hydrogen-bond acceptors (Lipinski definition) is 4. The topological polar surface area (TPSA) is 51.6 Å². The first-order valence-corrected chi connectivity index (χ1v) is 18.2. The van der Waals surface area contributed by atoms with Crippen LogP contribution in [0.1, 0.15) is 46.5 Å². The first-order valence-electron chi connectivity index (χ1n) is 18.2. The lowest BCUT2D eigenvalue weighted by atomic mass is 9.80. The summed E-state index contributed by atoms with van der Waals surface area (Å²) in [5, 5.41) is 0. The third kappa shape index (κ3) is 6.18. The van der Waals surface area contributed by atoms with Gasteiger partial charge in [-0.1, -0.05) is 103 Å². The Kier molecular flexibility index (Phi) is 8.21. The van der Waals surface area contributed by atoms with E-state index in [1.165, 1.54) is 27.8 Å². The Balaban J connectivity index is 1.29. The van der Waals surface area contributed by atoms with Gasteiger partial charge in [0.2, 0.25) is 0 Å². The first-order chi connectivity index (χ1) is 25.6. The van der Waals surface area contributed by atoms with Crippen molar-refractivity contribution in [2.45, 2.75) is 39.5 Å². The summed E-state index contributed by atoms with van der Waals surface area (Å²) in [6.07, 6.45) is 13.7. The molecule has 7 aromatic rings. The third-order valence-corrected chi connectivity index (χ3v) is 10.1. The van der Waals surface area contributed by atoms with Crippen molar-refractivity contribution in [1.29, 1.82) is 0 Å². The molecule has 0 atom stereocenters. The molecule has 4 nitrogen and oxygen atoms in total. The second-order valence-electron chi connectivity index (χ2n) is 13.8. The molecule has 0 spiro atoms. The van der Waals surface area contributed by atoms with Gasteiger partial charge < -0.3 is 0 Å². The molecule has 0 radical (unpaired) electrons. The van der Waals surface area contributed by atoms with Crippen LogP contribution in [0.3, 0.4) is 0 Å². The van der Waals surface area contributed by atoms with Crippen molar-refractivity contribution in [3.05, 3.63) is 167 Å². The van der Waals surface area contributed by atoms with Gasteiger partial charge in [0.15, 0.2) is 11.6 Å². The number of benzene rings is 5. The molecule has 0 saturated heterocycles. The molecule has 4 heteroatoms. The van der Waals surface area contributed by atoms with Gasteiger partial charge in [-0.15, -0.1) is 0 Å². The van der Waals surface area contributed by atoms with Gasteiger partial charge in [-0.05, 0) is 127 Å². The van der Waals surface area contributed by atoms with Crippen molar-refractivity contribution in [1.82, 2.24) is 19.9 Å². The van der Waals surface area contributed by atoms with Crippen molar-refractivity contribution in [3.8, 4) is 67.5 Å². The van der Waals surface area contributed by atoms with Crippen LogP contribution in [0.5, 0.6) is 0 Å². The number of aromatic nitrogens is 4. The molecule has 2 aliphatic rings. The monoisotopic (exact) mass is 670 g/mol. The van der Waals surface area contributed by atoms with E-state index in [2.05, 4.69) is 127 Å². The SMILES string of the molecule is Cc1cc(C)nc(-c2cccc(-c3cc(-c4nc(-c5ccccc5)cc(-c5ccccc5)n4)cc(-c4cc5c(c6c4C=CCC6)CCC=C5)c3)c2)n1. The average molecular weight is 671 g/mol. The van der Waals surface area contributed by atoms with Crippen molar-refractivity contribution >= 4 is 12.2 Å². The molecule has 2 aliphatic carbocycles. The molecular formula is C48H38N4. The molecular weight excluding hydrogens is 633 g/mol. The zero-order chi connectivity index (χ0) is 35.0. The summed E-state index contributed by atoms with van der Waals surface area (Å²) < 4.78 is 0. The maximum Gasteiger partial charge on any atom is 0.160 e. The number of nitrogens with zero attached hydrogens (tertiary/aromatic N) is 4. The maximum atomic E-state index is 5.25. The van der Waals surface area contributed by atoms with Crippen LogP contribution in [-0.2, 0) is 12.8 Å². The Morgan fingerprint density at radius 2 is 0.981 bits per heavy atom. The molecule has 9 rings (SSSR count). The maximum absolute atomic E-state index is 5.25. The normalized spacial score (nSPS) is 13.1. The van der Waals surface area contributed by atoms with Crippen molar-refractivity contribution < 1.29 is 0 Å². The Bertz CT molecular complexity index is 2450. The van der Waals surface area contributed by atoms with Gasteiger partial charge >= 0.3 is 0 Å². The summed E-state index contributed by atoms with van der Waals surface area (Å²) in [5.41, 5.74) is 18.0. The molecule has 0 saturated carbocycles. The zero-order valence-electron chi connectivity index (χ0n) is 29.5. The minimum atomic E-state index is 0.694. The lowest BCUT2D eigenvalue weighted by Crippen LogP contribution is -2.07. The molecule has 0 bridgehead atoms. The Morgan fingerprint density at radius 3 is 1.69 bits per heavy atom. The molecule has 0 unspecified atom stereocenters. The van der Waals surface area contributed by atoms with Crippen LogP contribution in [0.4, 0.5) is 0 Å². The van der Waals surface area contributed by atoms with E-state index >= 15 is 0 Å². The number of aryl methyl sites for hydroxylation is 2. The molecule has 5 aromatic carbocycles. The zero-order valence-corrected chi connectivity index (χ0v) is 29.5. The number of rotatable bonds is 6. The van der Waals surface area contributed by atoms with Gasteiger partial charge in [0.05, 0.1) is 11.4 Å². The minimum absolute atomic E-state index is 0.694. The summed E-state index contributed by atoms with van der Waals surface area (Å²) >= 11 is 0. The number of allylic oxidation sites excluding steroid dienone is 2. The van der Waals surface area contributed by atoms with E-state index in [0.29, 0.717) is 5.82 Å². The Hall–Kier alpha value is -6.26. The fourth-order valence-corrected chi connectivity index (χ4v) is 7.71. The smallest absolute Gasteiger partial charge is 0.160 e. The molecule has 2 aromatic heterocycles. The van der Waals surface area contributed by atoms with E-state index in [0.717, 1.165) is 93.2 Å². The highest BCUT2D eigenvalue weighted by atomic mass is 14.9. The van der Waals surface area contributed by atoms with Gasteiger partial charge in [0.1, 0.15) is 0 Å². The van der Waals surface area contributed by atoms with E-state index in [4.69, 9.17) is 19.9 Å². The number of hydrogen-bond donors (Lipinski definition) is 0. The van der Waals surface area contributed by atoms with Gasteiger partial charge in [0, 0.05) is 33.6 Å².